The lowest BCUT2D eigenvalue weighted by Gasteiger charge is -2.18. The lowest BCUT2D eigenvalue weighted by atomic mass is 10.0. The van der Waals surface area contributed by atoms with Crippen molar-refractivity contribution >= 4 is 11.9 Å². The van der Waals surface area contributed by atoms with Gasteiger partial charge in [-0.15, -0.1) is 0 Å². The summed E-state index contributed by atoms with van der Waals surface area (Å²) >= 11 is 0. The molecular weight excluding hydrogens is 496 g/mol. The first-order valence-corrected chi connectivity index (χ1v) is 17.3. The fourth-order valence-corrected chi connectivity index (χ4v) is 5.10. The van der Waals surface area contributed by atoms with Gasteiger partial charge < -0.3 is 9.84 Å². The van der Waals surface area contributed by atoms with E-state index in [9.17, 15) is 9.59 Å². The van der Waals surface area contributed by atoms with Crippen molar-refractivity contribution in [3.63, 3.8) is 0 Å². The second-order valence-electron chi connectivity index (χ2n) is 11.7. The Kier molecular flexibility index (Phi) is 30.7. The molecule has 4 heteroatoms. The molecule has 0 aromatic carbocycles. The second-order valence-corrected chi connectivity index (χ2v) is 11.7. The largest absolute Gasteiger partial charge is 0.481 e. The van der Waals surface area contributed by atoms with Gasteiger partial charge in [-0.1, -0.05) is 128 Å². The van der Waals surface area contributed by atoms with Gasteiger partial charge in [0.2, 0.25) is 0 Å². The van der Waals surface area contributed by atoms with Crippen molar-refractivity contribution in [3.05, 3.63) is 24.3 Å². The van der Waals surface area contributed by atoms with Gasteiger partial charge in [-0.25, -0.2) is 0 Å². The zero-order valence-corrected chi connectivity index (χ0v) is 26.7. The molecule has 0 fully saturated rings. The summed E-state index contributed by atoms with van der Waals surface area (Å²) in [5, 5.41) is 8.71. The summed E-state index contributed by atoms with van der Waals surface area (Å²) in [4.78, 5) is 23.1. The molecule has 0 aliphatic heterocycles. The Morgan fingerprint density at radius 3 is 1.52 bits per heavy atom. The molecule has 0 spiro atoms. The van der Waals surface area contributed by atoms with Crippen LogP contribution in [-0.4, -0.2) is 23.1 Å². The quantitative estimate of drug-likeness (QED) is 0.0518. The molecule has 0 bridgehead atoms. The third kappa shape index (κ3) is 31.0. The molecule has 1 atom stereocenters. The Labute approximate surface area is 248 Å². The van der Waals surface area contributed by atoms with Crippen LogP contribution in [0.3, 0.4) is 0 Å². The summed E-state index contributed by atoms with van der Waals surface area (Å²) in [5.74, 6) is -0.687. The van der Waals surface area contributed by atoms with Crippen LogP contribution in [0.25, 0.3) is 0 Å². The number of carbonyl (C=O) groups is 2. The fourth-order valence-electron chi connectivity index (χ4n) is 5.10. The standard InChI is InChI=1S/C36H66O4/c1-3-5-7-9-10-11-12-13-14-15-16-17-21-25-29-33-36(39)40-34(30-26-22-8-6-4-2)31-27-23-19-18-20-24-28-32-35(37)38/h10-11,13-14,34H,3-9,12,15-33H2,1-2H3,(H,37,38)/b11-10-,14-13-. The van der Waals surface area contributed by atoms with E-state index in [2.05, 4.69) is 38.2 Å². The smallest absolute Gasteiger partial charge is 0.306 e. The van der Waals surface area contributed by atoms with E-state index in [1.165, 1.54) is 89.9 Å². The number of ether oxygens (including phenoxy) is 1. The van der Waals surface area contributed by atoms with Crippen LogP contribution in [0.4, 0.5) is 0 Å². The number of carbonyl (C=O) groups excluding carboxylic acids is 1. The van der Waals surface area contributed by atoms with E-state index in [0.29, 0.717) is 12.8 Å². The Hall–Kier alpha value is -1.58. The van der Waals surface area contributed by atoms with Crippen LogP contribution in [0.15, 0.2) is 24.3 Å². The number of hydrogen-bond acceptors (Lipinski definition) is 3. The van der Waals surface area contributed by atoms with E-state index in [1.807, 2.05) is 0 Å². The van der Waals surface area contributed by atoms with Crippen molar-refractivity contribution in [3.8, 4) is 0 Å². The van der Waals surface area contributed by atoms with Crippen LogP contribution >= 0.6 is 0 Å². The Bertz CT molecular complexity index is 610. The van der Waals surface area contributed by atoms with E-state index >= 15 is 0 Å². The average Bonchev–Trinajstić information content (AvgIpc) is 2.93. The van der Waals surface area contributed by atoms with Crippen molar-refractivity contribution in [2.24, 2.45) is 0 Å². The first-order valence-electron chi connectivity index (χ1n) is 17.3. The summed E-state index contributed by atoms with van der Waals surface area (Å²) in [7, 11) is 0. The molecule has 40 heavy (non-hydrogen) atoms. The number of esters is 1. The van der Waals surface area contributed by atoms with E-state index < -0.39 is 5.97 Å². The molecule has 0 rings (SSSR count). The van der Waals surface area contributed by atoms with Gasteiger partial charge in [-0.2, -0.15) is 0 Å². The fraction of sp³-hybridized carbons (Fsp3) is 0.833. The Morgan fingerprint density at radius 2 is 0.975 bits per heavy atom. The molecular formula is C36H66O4. The maximum absolute atomic E-state index is 12.5. The number of hydrogen-bond donors (Lipinski definition) is 1. The van der Waals surface area contributed by atoms with Crippen molar-refractivity contribution in [1.82, 2.24) is 0 Å². The number of aliphatic carboxylic acids is 1. The highest BCUT2D eigenvalue weighted by Gasteiger charge is 2.14. The van der Waals surface area contributed by atoms with Crippen molar-refractivity contribution in [2.75, 3.05) is 0 Å². The molecule has 0 aromatic rings. The molecule has 1 unspecified atom stereocenters. The molecule has 0 aromatic heterocycles. The number of carboxylic acids is 1. The summed E-state index contributed by atoms with van der Waals surface area (Å²) in [5.41, 5.74) is 0. The third-order valence-electron chi connectivity index (χ3n) is 7.68. The summed E-state index contributed by atoms with van der Waals surface area (Å²) in [6, 6.07) is 0. The van der Waals surface area contributed by atoms with Crippen LogP contribution in [0.5, 0.6) is 0 Å². The minimum absolute atomic E-state index is 0.00247. The number of carboxylic acid groups (broad SMARTS) is 1. The molecule has 1 N–H and O–H groups in total. The summed E-state index contributed by atoms with van der Waals surface area (Å²) < 4.78 is 5.95. The number of rotatable bonds is 31. The third-order valence-corrected chi connectivity index (χ3v) is 7.68. The minimum Gasteiger partial charge on any atom is -0.481 e. The predicted octanol–water partition coefficient (Wildman–Crippen LogP) is 11.7. The predicted molar refractivity (Wildman–Crippen MR) is 172 cm³/mol. The summed E-state index contributed by atoms with van der Waals surface area (Å²) in [6.45, 7) is 4.49. The van der Waals surface area contributed by atoms with Gasteiger partial charge in [-0.3, -0.25) is 9.59 Å². The first-order chi connectivity index (χ1) is 19.6. The van der Waals surface area contributed by atoms with Gasteiger partial charge in [0.05, 0.1) is 0 Å². The minimum atomic E-state index is -0.689. The van der Waals surface area contributed by atoms with Gasteiger partial charge in [0, 0.05) is 12.8 Å². The Morgan fingerprint density at radius 1 is 0.550 bits per heavy atom. The van der Waals surface area contributed by atoms with Crippen LogP contribution in [0, 0.1) is 0 Å². The van der Waals surface area contributed by atoms with E-state index in [4.69, 9.17) is 9.84 Å². The molecule has 0 aliphatic rings. The van der Waals surface area contributed by atoms with Crippen LogP contribution in [0.2, 0.25) is 0 Å². The zero-order valence-electron chi connectivity index (χ0n) is 26.7. The number of unbranched alkanes of at least 4 members (excludes halogenated alkanes) is 18. The number of allylic oxidation sites excluding steroid dienone is 4. The average molecular weight is 563 g/mol. The molecule has 4 nitrogen and oxygen atoms in total. The van der Waals surface area contributed by atoms with Gasteiger partial charge >= 0.3 is 11.9 Å². The highest BCUT2D eigenvalue weighted by atomic mass is 16.5. The first kappa shape index (κ1) is 38.4. The highest BCUT2D eigenvalue weighted by molar-refractivity contribution is 5.69. The van der Waals surface area contributed by atoms with Gasteiger partial charge in [0.1, 0.15) is 6.10 Å². The van der Waals surface area contributed by atoms with E-state index in [1.54, 1.807) is 0 Å². The van der Waals surface area contributed by atoms with Gasteiger partial charge in [0.25, 0.3) is 0 Å². The van der Waals surface area contributed by atoms with Crippen LogP contribution in [0.1, 0.15) is 187 Å². The van der Waals surface area contributed by atoms with Gasteiger partial charge in [-0.05, 0) is 70.6 Å². The molecule has 0 radical (unpaired) electrons. The lowest BCUT2D eigenvalue weighted by molar-refractivity contribution is -0.150. The molecule has 234 valence electrons. The van der Waals surface area contributed by atoms with Crippen molar-refractivity contribution in [2.45, 2.75) is 193 Å². The lowest BCUT2D eigenvalue weighted by Crippen LogP contribution is -2.18. The van der Waals surface area contributed by atoms with Crippen molar-refractivity contribution < 1.29 is 19.4 Å². The molecule has 0 saturated heterocycles. The van der Waals surface area contributed by atoms with Crippen LogP contribution < -0.4 is 0 Å². The second kappa shape index (κ2) is 31.9. The Balaban J connectivity index is 3.93. The highest BCUT2D eigenvalue weighted by Crippen LogP contribution is 2.18. The SMILES string of the molecule is CCCCC/C=C\C/C=C\CCCCCCCC(=O)OC(CCCCCCC)CCCCCCCCCC(=O)O. The van der Waals surface area contributed by atoms with Crippen LogP contribution in [-0.2, 0) is 14.3 Å². The topological polar surface area (TPSA) is 63.6 Å². The van der Waals surface area contributed by atoms with Crippen molar-refractivity contribution in [1.29, 1.82) is 0 Å². The van der Waals surface area contributed by atoms with E-state index in [-0.39, 0.29) is 12.1 Å². The monoisotopic (exact) mass is 562 g/mol. The molecule has 0 amide bonds. The molecule has 0 heterocycles. The molecule has 0 aliphatic carbocycles. The summed E-state index contributed by atoms with van der Waals surface area (Å²) in [6.07, 6.45) is 39.1. The molecule has 0 saturated carbocycles. The maximum Gasteiger partial charge on any atom is 0.306 e. The normalized spacial score (nSPS) is 12.4. The van der Waals surface area contributed by atoms with Gasteiger partial charge in [0.15, 0.2) is 0 Å². The van der Waals surface area contributed by atoms with E-state index in [0.717, 1.165) is 70.6 Å². The maximum atomic E-state index is 12.5. The zero-order chi connectivity index (χ0) is 29.4.